The molecule has 0 heterocycles. The average molecular weight is 285 g/mol. The van der Waals surface area contributed by atoms with Crippen LogP contribution in [0.5, 0.6) is 0 Å². The number of hydrogen-bond donors (Lipinski definition) is 2. The Bertz CT molecular complexity index is 508. The molecule has 0 spiro atoms. The van der Waals surface area contributed by atoms with Gasteiger partial charge in [0.2, 0.25) is 10.0 Å². The molecule has 1 aromatic carbocycles. The number of unbranched alkanes of at least 4 members (excludes halogenated alkanes) is 2. The maximum Gasteiger partial charge on any atom is 0.307 e. The van der Waals surface area contributed by atoms with Crippen molar-refractivity contribution in [3.05, 3.63) is 29.8 Å². The number of rotatable bonds is 8. The summed E-state index contributed by atoms with van der Waals surface area (Å²) in [6, 6.07) is 5.91. The summed E-state index contributed by atoms with van der Waals surface area (Å²) in [7, 11) is -3.48. The molecular weight excluding hydrogens is 266 g/mol. The van der Waals surface area contributed by atoms with Crippen molar-refractivity contribution in [2.45, 2.75) is 37.5 Å². The Balaban J connectivity index is 2.65. The van der Waals surface area contributed by atoms with E-state index in [1.807, 2.05) is 0 Å². The van der Waals surface area contributed by atoms with E-state index in [1.165, 1.54) is 24.3 Å². The second-order valence-electron chi connectivity index (χ2n) is 4.32. The summed E-state index contributed by atoms with van der Waals surface area (Å²) in [4.78, 5) is 10.7. The van der Waals surface area contributed by atoms with Crippen molar-refractivity contribution in [3.8, 4) is 0 Å². The Hall–Kier alpha value is -1.40. The number of benzene rings is 1. The van der Waals surface area contributed by atoms with Crippen LogP contribution in [0.4, 0.5) is 0 Å². The van der Waals surface area contributed by atoms with Crippen molar-refractivity contribution in [1.29, 1.82) is 0 Å². The highest BCUT2D eigenvalue weighted by Crippen LogP contribution is 2.11. The molecule has 0 bridgehead atoms. The van der Waals surface area contributed by atoms with Crippen molar-refractivity contribution in [1.82, 2.24) is 4.72 Å². The van der Waals surface area contributed by atoms with Crippen LogP contribution in [0.1, 0.15) is 31.7 Å². The monoisotopic (exact) mass is 285 g/mol. The fourth-order valence-electron chi connectivity index (χ4n) is 1.63. The molecule has 0 fully saturated rings. The van der Waals surface area contributed by atoms with E-state index < -0.39 is 16.0 Å². The third-order valence-electron chi connectivity index (χ3n) is 2.66. The smallest absolute Gasteiger partial charge is 0.307 e. The molecule has 0 saturated heterocycles. The molecule has 0 amide bonds. The topological polar surface area (TPSA) is 83.5 Å². The second-order valence-corrected chi connectivity index (χ2v) is 6.09. The number of sulfonamides is 1. The molecule has 106 valence electrons. The summed E-state index contributed by atoms with van der Waals surface area (Å²) < 4.78 is 26.3. The Morgan fingerprint density at radius 1 is 1.21 bits per heavy atom. The minimum Gasteiger partial charge on any atom is -0.481 e. The van der Waals surface area contributed by atoms with E-state index >= 15 is 0 Å². The van der Waals surface area contributed by atoms with Crippen molar-refractivity contribution >= 4 is 16.0 Å². The highest BCUT2D eigenvalue weighted by atomic mass is 32.2. The van der Waals surface area contributed by atoms with E-state index in [9.17, 15) is 13.2 Å². The lowest BCUT2D eigenvalue weighted by Crippen LogP contribution is -2.24. The number of aliphatic carboxylic acids is 1. The first-order valence-corrected chi connectivity index (χ1v) is 7.74. The maximum atomic E-state index is 11.9. The minimum atomic E-state index is -3.48. The van der Waals surface area contributed by atoms with E-state index in [0.717, 1.165) is 19.3 Å². The molecule has 1 rings (SSSR count). The Labute approximate surface area is 113 Å². The van der Waals surface area contributed by atoms with Gasteiger partial charge in [0.05, 0.1) is 11.3 Å². The molecule has 0 unspecified atom stereocenters. The molecule has 1 aromatic rings. The molecule has 0 aliphatic heterocycles. The average Bonchev–Trinajstić information content (AvgIpc) is 2.35. The number of carboxylic acid groups (broad SMARTS) is 1. The minimum absolute atomic E-state index is 0.107. The molecule has 0 aliphatic carbocycles. The molecule has 0 aromatic heterocycles. The van der Waals surface area contributed by atoms with Crippen molar-refractivity contribution in [2.24, 2.45) is 0 Å². The fourth-order valence-corrected chi connectivity index (χ4v) is 2.70. The SMILES string of the molecule is CCCCCNS(=O)(=O)c1ccc(CC(=O)O)cc1. The molecular formula is C13H19NO4S. The van der Waals surface area contributed by atoms with Gasteiger partial charge in [-0.1, -0.05) is 31.9 Å². The van der Waals surface area contributed by atoms with Crippen molar-refractivity contribution in [2.75, 3.05) is 6.54 Å². The number of carboxylic acids is 1. The Kier molecular flexibility index (Phi) is 5.98. The highest BCUT2D eigenvalue weighted by molar-refractivity contribution is 7.89. The normalized spacial score (nSPS) is 11.4. The van der Waals surface area contributed by atoms with Crippen LogP contribution in [0, 0.1) is 0 Å². The van der Waals surface area contributed by atoms with Crippen LogP contribution in [-0.4, -0.2) is 26.0 Å². The molecule has 6 heteroatoms. The van der Waals surface area contributed by atoms with Gasteiger partial charge in [-0.3, -0.25) is 4.79 Å². The summed E-state index contributed by atoms with van der Waals surface area (Å²) in [6.45, 7) is 2.47. The van der Waals surface area contributed by atoms with Gasteiger partial charge in [-0.25, -0.2) is 13.1 Å². The van der Waals surface area contributed by atoms with E-state index in [2.05, 4.69) is 11.6 Å². The predicted octanol–water partition coefficient (Wildman–Crippen LogP) is 1.78. The van der Waals surface area contributed by atoms with Gasteiger partial charge < -0.3 is 5.11 Å². The predicted molar refractivity (Wildman–Crippen MR) is 72.5 cm³/mol. The van der Waals surface area contributed by atoms with Crippen LogP contribution >= 0.6 is 0 Å². The zero-order chi connectivity index (χ0) is 14.3. The lowest BCUT2D eigenvalue weighted by atomic mass is 10.2. The van der Waals surface area contributed by atoms with Crippen LogP contribution in [0.25, 0.3) is 0 Å². The molecule has 0 aliphatic rings. The summed E-state index contributed by atoms with van der Waals surface area (Å²) in [5.41, 5.74) is 0.581. The summed E-state index contributed by atoms with van der Waals surface area (Å²) in [5, 5.41) is 8.63. The quantitative estimate of drug-likeness (QED) is 0.713. The summed E-state index contributed by atoms with van der Waals surface area (Å²) >= 11 is 0. The van der Waals surface area contributed by atoms with Gasteiger partial charge in [-0.2, -0.15) is 0 Å². The summed E-state index contributed by atoms with van der Waals surface area (Å²) in [6.07, 6.45) is 2.72. The van der Waals surface area contributed by atoms with E-state index in [1.54, 1.807) is 0 Å². The van der Waals surface area contributed by atoms with E-state index in [4.69, 9.17) is 5.11 Å². The molecule has 0 radical (unpaired) electrons. The van der Waals surface area contributed by atoms with Gasteiger partial charge in [0.1, 0.15) is 0 Å². The van der Waals surface area contributed by atoms with Gasteiger partial charge in [-0.15, -0.1) is 0 Å². The number of nitrogens with one attached hydrogen (secondary N) is 1. The largest absolute Gasteiger partial charge is 0.481 e. The lowest BCUT2D eigenvalue weighted by molar-refractivity contribution is -0.136. The van der Waals surface area contributed by atoms with Crippen molar-refractivity contribution < 1.29 is 18.3 Å². The molecule has 19 heavy (non-hydrogen) atoms. The van der Waals surface area contributed by atoms with Gasteiger partial charge >= 0.3 is 5.97 Å². The summed E-state index contributed by atoms with van der Waals surface area (Å²) in [5.74, 6) is -0.937. The standard InChI is InChI=1S/C13H19NO4S/c1-2-3-4-9-14-19(17,18)12-7-5-11(6-8-12)10-13(15)16/h5-8,14H,2-4,9-10H2,1H3,(H,15,16). The van der Waals surface area contributed by atoms with Crippen LogP contribution in [-0.2, 0) is 21.2 Å². The molecule has 0 saturated carbocycles. The zero-order valence-electron chi connectivity index (χ0n) is 10.9. The number of hydrogen-bond acceptors (Lipinski definition) is 3. The van der Waals surface area contributed by atoms with Crippen LogP contribution < -0.4 is 4.72 Å². The molecule has 2 N–H and O–H groups in total. The van der Waals surface area contributed by atoms with Gasteiger partial charge in [0.25, 0.3) is 0 Å². The molecule has 5 nitrogen and oxygen atoms in total. The first-order valence-electron chi connectivity index (χ1n) is 6.26. The van der Waals surface area contributed by atoms with Gasteiger partial charge in [0.15, 0.2) is 0 Å². The van der Waals surface area contributed by atoms with Gasteiger partial charge in [0, 0.05) is 6.54 Å². The lowest BCUT2D eigenvalue weighted by Gasteiger charge is -2.07. The third kappa shape index (κ3) is 5.40. The van der Waals surface area contributed by atoms with Gasteiger partial charge in [-0.05, 0) is 24.1 Å². The van der Waals surface area contributed by atoms with E-state index in [-0.39, 0.29) is 11.3 Å². The zero-order valence-corrected chi connectivity index (χ0v) is 11.7. The Morgan fingerprint density at radius 3 is 2.37 bits per heavy atom. The van der Waals surface area contributed by atoms with Crippen LogP contribution in [0.15, 0.2) is 29.2 Å². The first-order chi connectivity index (χ1) is 8.95. The number of carbonyl (C=O) groups is 1. The second kappa shape index (κ2) is 7.25. The molecule has 0 atom stereocenters. The Morgan fingerprint density at radius 2 is 1.84 bits per heavy atom. The van der Waals surface area contributed by atoms with Crippen molar-refractivity contribution in [3.63, 3.8) is 0 Å². The highest BCUT2D eigenvalue weighted by Gasteiger charge is 2.13. The third-order valence-corrected chi connectivity index (χ3v) is 4.14. The van der Waals surface area contributed by atoms with Crippen LogP contribution in [0.3, 0.4) is 0 Å². The first kappa shape index (κ1) is 15.7. The van der Waals surface area contributed by atoms with Crippen LogP contribution in [0.2, 0.25) is 0 Å². The maximum absolute atomic E-state index is 11.9. The fraction of sp³-hybridized carbons (Fsp3) is 0.462. The van der Waals surface area contributed by atoms with E-state index in [0.29, 0.717) is 12.1 Å².